The largest absolute Gasteiger partial charge is 0.489 e. The van der Waals surface area contributed by atoms with Crippen molar-refractivity contribution in [3.8, 4) is 5.75 Å². The summed E-state index contributed by atoms with van der Waals surface area (Å²) >= 11 is 0. The topological polar surface area (TPSA) is 29.5 Å². The molecule has 0 heterocycles. The second kappa shape index (κ2) is 3.99. The van der Waals surface area contributed by atoms with Crippen LogP contribution in [0.25, 0.3) is 10.8 Å². The van der Waals surface area contributed by atoms with Crippen LogP contribution in [0.3, 0.4) is 0 Å². The Morgan fingerprint density at radius 3 is 2.56 bits per heavy atom. The lowest BCUT2D eigenvalue weighted by atomic mass is 9.66. The summed E-state index contributed by atoms with van der Waals surface area (Å²) in [5.74, 6) is 0.915. The van der Waals surface area contributed by atoms with Crippen LogP contribution in [0.5, 0.6) is 5.75 Å². The zero-order valence-electron chi connectivity index (χ0n) is 10.8. The number of rotatable bonds is 2. The molecule has 3 rings (SSSR count). The van der Waals surface area contributed by atoms with E-state index in [1.807, 2.05) is 24.3 Å². The number of hydrogen-bond acceptors (Lipinski definition) is 2. The molecule has 0 radical (unpaired) electrons. The molecular formula is C16H18O2. The van der Waals surface area contributed by atoms with Crippen LogP contribution in [0.15, 0.2) is 42.5 Å². The van der Waals surface area contributed by atoms with Crippen molar-refractivity contribution in [1.82, 2.24) is 0 Å². The Morgan fingerprint density at radius 1 is 1.11 bits per heavy atom. The maximum Gasteiger partial charge on any atom is 0.127 e. The van der Waals surface area contributed by atoms with Gasteiger partial charge in [-0.25, -0.2) is 0 Å². The van der Waals surface area contributed by atoms with Crippen molar-refractivity contribution in [2.24, 2.45) is 5.41 Å². The lowest BCUT2D eigenvalue weighted by Crippen LogP contribution is -2.56. The first kappa shape index (κ1) is 11.5. The third-order valence-electron chi connectivity index (χ3n) is 4.14. The number of ether oxygens (including phenoxy) is 1. The highest BCUT2D eigenvalue weighted by molar-refractivity contribution is 5.88. The highest BCUT2D eigenvalue weighted by atomic mass is 16.5. The van der Waals surface area contributed by atoms with E-state index in [0.29, 0.717) is 0 Å². The Kier molecular flexibility index (Phi) is 2.56. The van der Waals surface area contributed by atoms with Crippen molar-refractivity contribution in [1.29, 1.82) is 0 Å². The van der Waals surface area contributed by atoms with Gasteiger partial charge in [-0.3, -0.25) is 0 Å². The molecule has 1 saturated carbocycles. The molecule has 2 atom stereocenters. The third-order valence-corrected chi connectivity index (χ3v) is 4.14. The van der Waals surface area contributed by atoms with E-state index in [4.69, 9.17) is 4.74 Å². The Bertz CT molecular complexity index is 569. The molecule has 0 amide bonds. The van der Waals surface area contributed by atoms with Crippen LogP contribution in [-0.2, 0) is 0 Å². The van der Waals surface area contributed by atoms with Gasteiger partial charge in [-0.05, 0) is 11.5 Å². The molecule has 1 N–H and O–H groups in total. The summed E-state index contributed by atoms with van der Waals surface area (Å²) < 4.78 is 6.09. The molecule has 2 aromatic rings. The number of hydrogen-bond donors (Lipinski definition) is 1. The highest BCUT2D eigenvalue weighted by Gasteiger charge is 2.49. The van der Waals surface area contributed by atoms with E-state index in [0.717, 1.165) is 17.6 Å². The minimum absolute atomic E-state index is 0.0957. The van der Waals surface area contributed by atoms with Gasteiger partial charge >= 0.3 is 0 Å². The van der Waals surface area contributed by atoms with Gasteiger partial charge in [0.1, 0.15) is 11.9 Å². The summed E-state index contributed by atoms with van der Waals surface area (Å²) in [6.07, 6.45) is 0.562. The Hall–Kier alpha value is -1.54. The quantitative estimate of drug-likeness (QED) is 0.874. The zero-order chi connectivity index (χ0) is 12.8. The van der Waals surface area contributed by atoms with Crippen molar-refractivity contribution in [2.75, 3.05) is 0 Å². The number of aliphatic hydroxyl groups is 1. The summed E-state index contributed by atoms with van der Waals surface area (Å²) in [6, 6.07) is 14.3. The van der Waals surface area contributed by atoms with Crippen molar-refractivity contribution in [3.05, 3.63) is 42.5 Å². The fourth-order valence-electron chi connectivity index (χ4n) is 2.52. The highest BCUT2D eigenvalue weighted by Crippen LogP contribution is 2.43. The predicted octanol–water partition coefficient (Wildman–Crippen LogP) is 3.38. The van der Waals surface area contributed by atoms with E-state index in [-0.39, 0.29) is 17.6 Å². The average Bonchev–Trinajstić information content (AvgIpc) is 2.39. The molecule has 0 aliphatic heterocycles. The van der Waals surface area contributed by atoms with Crippen LogP contribution >= 0.6 is 0 Å². The fraction of sp³-hybridized carbons (Fsp3) is 0.375. The molecule has 0 bridgehead atoms. The fourth-order valence-corrected chi connectivity index (χ4v) is 2.52. The first-order valence-corrected chi connectivity index (χ1v) is 6.41. The minimum Gasteiger partial charge on any atom is -0.489 e. The van der Waals surface area contributed by atoms with E-state index in [9.17, 15) is 5.11 Å². The second-order valence-electron chi connectivity index (χ2n) is 5.66. The Morgan fingerprint density at radius 2 is 1.83 bits per heavy atom. The first-order chi connectivity index (χ1) is 8.59. The summed E-state index contributed by atoms with van der Waals surface area (Å²) in [4.78, 5) is 0. The van der Waals surface area contributed by atoms with Crippen LogP contribution in [0.2, 0.25) is 0 Å². The first-order valence-electron chi connectivity index (χ1n) is 6.41. The van der Waals surface area contributed by atoms with Crippen molar-refractivity contribution >= 4 is 10.8 Å². The summed E-state index contributed by atoms with van der Waals surface area (Å²) in [5, 5.41) is 12.1. The summed E-state index contributed by atoms with van der Waals surface area (Å²) in [6.45, 7) is 4.11. The maximum atomic E-state index is 9.76. The number of fused-ring (bicyclic) bond motifs is 1. The molecule has 0 aromatic heterocycles. The predicted molar refractivity (Wildman–Crippen MR) is 72.8 cm³/mol. The van der Waals surface area contributed by atoms with E-state index < -0.39 is 0 Å². The van der Waals surface area contributed by atoms with Crippen LogP contribution in [0, 0.1) is 5.41 Å². The molecule has 18 heavy (non-hydrogen) atoms. The molecule has 1 aliphatic carbocycles. The van der Waals surface area contributed by atoms with Crippen LogP contribution in [-0.4, -0.2) is 17.3 Å². The molecule has 2 unspecified atom stereocenters. The van der Waals surface area contributed by atoms with E-state index >= 15 is 0 Å². The van der Waals surface area contributed by atoms with Crippen molar-refractivity contribution in [3.63, 3.8) is 0 Å². The lowest BCUT2D eigenvalue weighted by Gasteiger charge is -2.48. The summed E-state index contributed by atoms with van der Waals surface area (Å²) in [7, 11) is 0. The van der Waals surface area contributed by atoms with Gasteiger partial charge in [-0.1, -0.05) is 50.2 Å². The maximum absolute atomic E-state index is 9.76. The second-order valence-corrected chi connectivity index (χ2v) is 5.66. The van der Waals surface area contributed by atoms with Crippen LogP contribution < -0.4 is 4.74 Å². The molecule has 1 aliphatic rings. The normalized spacial score (nSPS) is 25.7. The van der Waals surface area contributed by atoms with Gasteiger partial charge in [0.15, 0.2) is 0 Å². The van der Waals surface area contributed by atoms with E-state index in [2.05, 4.69) is 32.0 Å². The Labute approximate surface area is 107 Å². The summed E-state index contributed by atoms with van der Waals surface area (Å²) in [5.41, 5.74) is -0.156. The monoisotopic (exact) mass is 242 g/mol. The van der Waals surface area contributed by atoms with Gasteiger partial charge in [-0.15, -0.1) is 0 Å². The Balaban J connectivity index is 1.92. The minimum atomic E-state index is -0.252. The van der Waals surface area contributed by atoms with Gasteiger partial charge in [0.25, 0.3) is 0 Å². The van der Waals surface area contributed by atoms with E-state index in [1.54, 1.807) is 0 Å². The van der Waals surface area contributed by atoms with Crippen LogP contribution in [0.4, 0.5) is 0 Å². The number of aliphatic hydroxyl groups excluding tert-OH is 1. The van der Waals surface area contributed by atoms with Crippen LogP contribution in [0.1, 0.15) is 20.3 Å². The average molecular weight is 242 g/mol. The molecule has 0 saturated heterocycles. The smallest absolute Gasteiger partial charge is 0.127 e. The van der Waals surface area contributed by atoms with Gasteiger partial charge in [0, 0.05) is 17.2 Å². The number of benzene rings is 2. The molecule has 2 nitrogen and oxygen atoms in total. The molecular weight excluding hydrogens is 224 g/mol. The molecule has 2 heteroatoms. The molecule has 2 aromatic carbocycles. The molecule has 0 spiro atoms. The third kappa shape index (κ3) is 1.68. The van der Waals surface area contributed by atoms with Crippen molar-refractivity contribution in [2.45, 2.75) is 32.5 Å². The van der Waals surface area contributed by atoms with Gasteiger partial charge in [0.2, 0.25) is 0 Å². The van der Waals surface area contributed by atoms with Gasteiger partial charge in [0.05, 0.1) is 6.10 Å². The standard InChI is InChI=1S/C16H18O2/c1-16(2)14(17)10-15(16)18-13-9-5-7-11-6-3-4-8-12(11)13/h3-9,14-15,17H,10H2,1-2H3. The molecule has 94 valence electrons. The van der Waals surface area contributed by atoms with Gasteiger partial charge in [-0.2, -0.15) is 0 Å². The van der Waals surface area contributed by atoms with Gasteiger partial charge < -0.3 is 9.84 Å². The molecule has 1 fully saturated rings. The van der Waals surface area contributed by atoms with Crippen molar-refractivity contribution < 1.29 is 9.84 Å². The zero-order valence-corrected chi connectivity index (χ0v) is 10.8. The van der Waals surface area contributed by atoms with E-state index in [1.165, 1.54) is 5.39 Å². The SMILES string of the molecule is CC1(C)C(O)CC1Oc1cccc2ccccc12. The lowest BCUT2D eigenvalue weighted by molar-refractivity contribution is -0.134.